The van der Waals surface area contributed by atoms with Crippen LogP contribution in [0.3, 0.4) is 0 Å². The highest BCUT2D eigenvalue weighted by Crippen LogP contribution is 2.45. The lowest BCUT2D eigenvalue weighted by atomic mass is 9.85. The van der Waals surface area contributed by atoms with Gasteiger partial charge in [-0.3, -0.25) is 19.2 Å². The molecule has 12 nitrogen and oxygen atoms in total. The average Bonchev–Trinajstić information content (AvgIpc) is 0.752. The van der Waals surface area contributed by atoms with Crippen molar-refractivity contribution in [1.29, 1.82) is 0 Å². The lowest BCUT2D eigenvalue weighted by Crippen LogP contribution is -2.17. The summed E-state index contributed by atoms with van der Waals surface area (Å²) >= 11 is 0. The number of fused-ring (bicyclic) bond motifs is 4. The van der Waals surface area contributed by atoms with Gasteiger partial charge in [0.05, 0.1) is 11.1 Å². The van der Waals surface area contributed by atoms with Gasteiger partial charge >= 0.3 is 11.9 Å². The maximum Gasteiger partial charge on any atom is 0.343 e. The molecule has 0 aliphatic heterocycles. The van der Waals surface area contributed by atoms with Crippen molar-refractivity contribution in [3.05, 3.63) is 371 Å². The summed E-state index contributed by atoms with van der Waals surface area (Å²) < 4.78 is 12.1. The Kier molecular flexibility index (Phi) is 22.6. The number of esters is 2. The van der Waals surface area contributed by atoms with Gasteiger partial charge in [0, 0.05) is 45.4 Å². The molecule has 4 amide bonds. The number of amides is 4. The molecule has 0 saturated carbocycles. The van der Waals surface area contributed by atoms with Crippen LogP contribution in [0.1, 0.15) is 99.8 Å². The van der Waals surface area contributed by atoms with Gasteiger partial charge in [0.15, 0.2) is 0 Å². The largest absolute Gasteiger partial charge is 0.423 e. The smallest absolute Gasteiger partial charge is 0.343 e. The maximum absolute atomic E-state index is 14.4. The first-order chi connectivity index (χ1) is 55.2. The molecule has 0 aromatic heterocycles. The van der Waals surface area contributed by atoms with Gasteiger partial charge < -0.3 is 30.7 Å². The minimum atomic E-state index is -0.581. The highest BCUT2D eigenvalue weighted by molar-refractivity contribution is 6.15. The molecule has 14 aromatic rings. The Hall–Kier alpha value is -14.9. The number of ether oxygens (including phenoxy) is 2. The molecule has 556 valence electrons. The number of anilines is 4. The number of carbonyl (C=O) groups is 6. The molecule has 0 atom stereocenters. The second-order valence-electron chi connectivity index (χ2n) is 28.4. The minimum absolute atomic E-state index is 0.142. The normalized spacial score (nSPS) is 11.5. The van der Waals surface area contributed by atoms with E-state index < -0.39 is 11.9 Å². The third kappa shape index (κ3) is 17.5. The van der Waals surface area contributed by atoms with E-state index in [2.05, 4.69) is 211 Å². The van der Waals surface area contributed by atoms with Crippen molar-refractivity contribution in [2.75, 3.05) is 21.3 Å². The van der Waals surface area contributed by atoms with Crippen LogP contribution in [0.4, 0.5) is 22.7 Å². The van der Waals surface area contributed by atoms with Crippen LogP contribution in [0.2, 0.25) is 0 Å². The average molecular weight is 1490 g/mol. The van der Waals surface area contributed by atoms with Crippen LogP contribution in [0.15, 0.2) is 316 Å². The molecule has 12 heteroatoms. The zero-order valence-electron chi connectivity index (χ0n) is 63.6. The Bertz CT molecular complexity index is 6320. The van der Waals surface area contributed by atoms with Gasteiger partial charge in [-0.15, -0.1) is 0 Å². The fourth-order valence-corrected chi connectivity index (χ4v) is 13.5. The van der Waals surface area contributed by atoms with Crippen molar-refractivity contribution in [2.45, 2.75) is 34.6 Å². The minimum Gasteiger partial charge on any atom is -0.423 e. The molecule has 0 spiro atoms. The lowest BCUT2D eigenvalue weighted by molar-refractivity contribution is -0.119. The summed E-state index contributed by atoms with van der Waals surface area (Å²) in [6, 6.07) is 90.4. The maximum atomic E-state index is 14.4. The standard InChI is InChI=1S/C102H80N4O8/c1-63(2)97(107)103-82-50-24-67(25-51-82)21-30-76-40-34-72-17-11-14-20-90(72)95(76)96-77(32-22-68-26-52-83(53-27-68)104-98(108)64(3)4)43-37-74-38-44-81(61-92(74)96)91-62-87(114-102(112)80-47-56-85(57-48-80)106-100(110)66(7)8)60-49-73(91)36-42-78-41-35-71-16-10-13-19-89(71)94(78)93-75(39-33-70-15-9-12-18-88(70)93)31-23-69-28-58-86(59-29-69)113-101(111)79-45-54-84(55-46-79)105-99(109)65(5)6/h9-62,66H,1,3,5H2,2,4,6-8H3,(H,103,107)(H,104,108)(H,105,109)(H,106,110)/b30-21-,31-23-,32-22-,42-36-. The topological polar surface area (TPSA) is 169 Å². The van der Waals surface area contributed by atoms with E-state index in [-0.39, 0.29) is 29.5 Å². The van der Waals surface area contributed by atoms with E-state index in [1.165, 1.54) is 0 Å². The van der Waals surface area contributed by atoms with Gasteiger partial charge in [-0.25, -0.2) is 9.59 Å². The molecule has 4 N–H and O–H groups in total. The first kappa shape index (κ1) is 75.9. The Morgan fingerprint density at radius 1 is 0.307 bits per heavy atom. The second kappa shape index (κ2) is 33.9. The summed E-state index contributed by atoms with van der Waals surface area (Å²) in [5.41, 5.74) is 17.1. The Morgan fingerprint density at radius 2 is 0.614 bits per heavy atom. The zero-order chi connectivity index (χ0) is 79.5. The third-order valence-electron chi connectivity index (χ3n) is 19.7. The molecule has 14 rings (SSSR count). The molecule has 0 aliphatic rings. The second-order valence-corrected chi connectivity index (χ2v) is 28.4. The summed E-state index contributed by atoms with van der Waals surface area (Å²) in [5.74, 6) is -1.64. The zero-order valence-corrected chi connectivity index (χ0v) is 63.6. The number of carbonyl (C=O) groups excluding carboxylic acids is 6. The third-order valence-corrected chi connectivity index (χ3v) is 19.7. The predicted molar refractivity (Wildman–Crippen MR) is 471 cm³/mol. The molecule has 0 aliphatic carbocycles. The fourth-order valence-electron chi connectivity index (χ4n) is 13.5. The highest BCUT2D eigenvalue weighted by Gasteiger charge is 2.22. The van der Waals surface area contributed by atoms with Crippen molar-refractivity contribution in [2.24, 2.45) is 5.92 Å². The van der Waals surface area contributed by atoms with Crippen molar-refractivity contribution in [3.63, 3.8) is 0 Å². The molecule has 14 aromatic carbocycles. The Labute approximate surface area is 662 Å². The van der Waals surface area contributed by atoms with E-state index in [4.69, 9.17) is 9.47 Å². The van der Waals surface area contributed by atoms with E-state index >= 15 is 0 Å². The van der Waals surface area contributed by atoms with Crippen LogP contribution in [0.5, 0.6) is 11.5 Å². The van der Waals surface area contributed by atoms with Gasteiger partial charge in [0.25, 0.3) is 17.7 Å². The van der Waals surface area contributed by atoms with Crippen molar-refractivity contribution < 1.29 is 38.2 Å². The van der Waals surface area contributed by atoms with E-state index in [0.29, 0.717) is 62.1 Å². The monoisotopic (exact) mass is 1490 g/mol. The summed E-state index contributed by atoms with van der Waals surface area (Å²) in [6.45, 7) is 19.9. The molecule has 0 fully saturated rings. The van der Waals surface area contributed by atoms with Gasteiger partial charge in [-0.05, 0) is 245 Å². The van der Waals surface area contributed by atoms with Crippen LogP contribution in [0, 0.1) is 5.92 Å². The molecule has 0 saturated heterocycles. The first-order valence-electron chi connectivity index (χ1n) is 37.4. The Morgan fingerprint density at radius 3 is 1.01 bits per heavy atom. The number of hydrogen-bond donors (Lipinski definition) is 4. The summed E-state index contributed by atoms with van der Waals surface area (Å²) in [4.78, 5) is 77.9. The number of nitrogens with one attached hydrogen (secondary N) is 4. The summed E-state index contributed by atoms with van der Waals surface area (Å²) in [7, 11) is 0. The van der Waals surface area contributed by atoms with Gasteiger partial charge in [-0.2, -0.15) is 0 Å². The van der Waals surface area contributed by atoms with Crippen molar-refractivity contribution in [3.8, 4) is 44.9 Å². The molecular weight excluding hydrogens is 1410 g/mol. The van der Waals surface area contributed by atoms with Crippen LogP contribution >= 0.6 is 0 Å². The van der Waals surface area contributed by atoms with E-state index in [9.17, 15) is 28.8 Å². The SMILES string of the molecule is C=C(C)C(=O)Nc1ccc(/C=C\c2ccc3ccccc3c2-c2c(/C=C\c3ccc(NC(=O)C(=C)C)cc3)ccc3ccc(-c4cc(OC(=O)c5ccc(NC(=O)C(C)C)cc5)ccc4/C=C\c4ccc5ccccc5c4-c4c(/C=C\c5ccc(OC(=O)c6ccc(NC(=O)C(=C)C)cc6)cc5)ccc5ccccc45)cc23)cc1. The lowest BCUT2D eigenvalue weighted by Gasteiger charge is -2.19. The predicted octanol–water partition coefficient (Wildman–Crippen LogP) is 24.6. The molecule has 0 unspecified atom stereocenters. The number of benzene rings is 14. The first-order valence-corrected chi connectivity index (χ1v) is 37.4. The van der Waals surface area contributed by atoms with E-state index in [1.807, 2.05) is 111 Å². The van der Waals surface area contributed by atoms with Crippen LogP contribution in [0.25, 0.3) is 125 Å². The molecule has 114 heavy (non-hydrogen) atoms. The Balaban J connectivity index is 0.896. The molecular formula is C102H80N4O8. The van der Waals surface area contributed by atoms with Gasteiger partial charge in [-0.1, -0.05) is 258 Å². The van der Waals surface area contributed by atoms with Crippen LogP contribution < -0.4 is 30.7 Å². The van der Waals surface area contributed by atoms with E-state index in [1.54, 1.807) is 81.4 Å². The fraction of sp³-hybridized carbons (Fsp3) is 0.0588. The summed E-state index contributed by atoms with van der Waals surface area (Å²) in [6.07, 6.45) is 16.9. The number of hydrogen-bond acceptors (Lipinski definition) is 8. The molecule has 0 radical (unpaired) electrons. The van der Waals surface area contributed by atoms with E-state index in [0.717, 1.165) is 121 Å². The number of rotatable bonds is 23. The molecule has 0 heterocycles. The van der Waals surface area contributed by atoms with Gasteiger partial charge in [0.1, 0.15) is 11.5 Å². The quantitative estimate of drug-likeness (QED) is 0.0212. The van der Waals surface area contributed by atoms with Crippen LogP contribution in [-0.4, -0.2) is 35.6 Å². The van der Waals surface area contributed by atoms with Crippen LogP contribution in [-0.2, 0) is 19.2 Å². The molecule has 0 bridgehead atoms. The summed E-state index contributed by atoms with van der Waals surface area (Å²) in [5, 5.41) is 19.7. The van der Waals surface area contributed by atoms with Gasteiger partial charge in [0.2, 0.25) is 5.91 Å². The van der Waals surface area contributed by atoms with Crippen molar-refractivity contribution >= 4 is 150 Å². The van der Waals surface area contributed by atoms with Crippen molar-refractivity contribution in [1.82, 2.24) is 0 Å². The highest BCUT2D eigenvalue weighted by atomic mass is 16.5.